The van der Waals surface area contributed by atoms with Crippen molar-refractivity contribution in [1.82, 2.24) is 9.88 Å². The highest BCUT2D eigenvalue weighted by atomic mass is 16.4. The largest absolute Gasteiger partial charge is 0.480 e. The first-order chi connectivity index (χ1) is 12.9. The molecule has 27 heavy (non-hydrogen) atoms. The lowest BCUT2D eigenvalue weighted by Crippen LogP contribution is -2.36. The lowest BCUT2D eigenvalue weighted by Gasteiger charge is -2.27. The van der Waals surface area contributed by atoms with Gasteiger partial charge < -0.3 is 10.0 Å². The molecule has 142 valence electrons. The molecule has 1 aliphatic heterocycles. The minimum atomic E-state index is -0.795. The molecular formula is C21H26N4O2. The molecule has 0 spiro atoms. The molecule has 6 heteroatoms. The van der Waals surface area contributed by atoms with Gasteiger partial charge in [-0.15, -0.1) is 0 Å². The van der Waals surface area contributed by atoms with Crippen molar-refractivity contribution in [1.29, 1.82) is 5.26 Å². The Labute approximate surface area is 160 Å². The maximum absolute atomic E-state index is 11.0. The molecule has 1 aromatic carbocycles. The van der Waals surface area contributed by atoms with E-state index in [1.54, 1.807) is 6.20 Å². The zero-order valence-corrected chi connectivity index (χ0v) is 16.2. The van der Waals surface area contributed by atoms with Crippen LogP contribution in [0.15, 0.2) is 18.3 Å². The minimum absolute atomic E-state index is 0.0602. The smallest absolute Gasteiger partial charge is 0.317 e. The van der Waals surface area contributed by atoms with E-state index in [4.69, 9.17) is 5.11 Å². The number of hydrogen-bond acceptors (Lipinski definition) is 5. The predicted octanol–water partition coefficient (Wildman–Crippen LogP) is 3.10. The third kappa shape index (κ3) is 4.04. The van der Waals surface area contributed by atoms with Crippen molar-refractivity contribution in [2.75, 3.05) is 31.6 Å². The van der Waals surface area contributed by atoms with Crippen molar-refractivity contribution < 1.29 is 9.90 Å². The highest BCUT2D eigenvalue weighted by Crippen LogP contribution is 2.33. The van der Waals surface area contributed by atoms with Crippen molar-refractivity contribution in [3.8, 4) is 6.07 Å². The molecular weight excluding hydrogens is 340 g/mol. The van der Waals surface area contributed by atoms with Gasteiger partial charge in [-0.2, -0.15) is 5.26 Å². The third-order valence-electron chi connectivity index (χ3n) is 5.42. The number of anilines is 1. The van der Waals surface area contributed by atoms with Crippen LogP contribution in [0.2, 0.25) is 0 Å². The number of nitriles is 1. The van der Waals surface area contributed by atoms with Crippen LogP contribution in [0.4, 0.5) is 5.69 Å². The van der Waals surface area contributed by atoms with Crippen molar-refractivity contribution in [2.24, 2.45) is 0 Å². The summed E-state index contributed by atoms with van der Waals surface area (Å²) in [7, 11) is 1.88. The molecule has 0 radical (unpaired) electrons. The molecule has 6 nitrogen and oxygen atoms in total. The van der Waals surface area contributed by atoms with Gasteiger partial charge in [-0.3, -0.25) is 14.7 Å². The van der Waals surface area contributed by atoms with Gasteiger partial charge in [0.25, 0.3) is 0 Å². The molecule has 1 fully saturated rings. The van der Waals surface area contributed by atoms with E-state index in [0.29, 0.717) is 5.56 Å². The summed E-state index contributed by atoms with van der Waals surface area (Å²) in [5.41, 5.74) is 4.79. The molecule has 2 aromatic rings. The molecule has 0 amide bonds. The Morgan fingerprint density at radius 1 is 1.37 bits per heavy atom. The van der Waals surface area contributed by atoms with Crippen molar-refractivity contribution in [3.05, 3.63) is 35.0 Å². The third-order valence-corrected chi connectivity index (χ3v) is 5.42. The Hall–Kier alpha value is -2.65. The number of aliphatic carboxylic acids is 1. The normalized spacial score (nSPS) is 17.7. The number of nitrogens with zero attached hydrogens (tertiary/aromatic N) is 4. The predicted molar refractivity (Wildman–Crippen MR) is 106 cm³/mol. The first-order valence-electron chi connectivity index (χ1n) is 9.37. The summed E-state index contributed by atoms with van der Waals surface area (Å²) in [5.74, 6) is -0.795. The number of rotatable bonds is 4. The van der Waals surface area contributed by atoms with Gasteiger partial charge in [0, 0.05) is 30.7 Å². The topological polar surface area (TPSA) is 80.5 Å². The van der Waals surface area contributed by atoms with Crippen molar-refractivity contribution in [3.63, 3.8) is 0 Å². The van der Waals surface area contributed by atoms with Gasteiger partial charge in [0.05, 0.1) is 23.3 Å². The molecule has 1 aliphatic rings. The van der Waals surface area contributed by atoms with E-state index in [-0.39, 0.29) is 12.6 Å². The molecule has 3 rings (SSSR count). The number of pyridine rings is 1. The second kappa shape index (κ2) is 7.93. The fourth-order valence-electron chi connectivity index (χ4n) is 4.16. The monoisotopic (exact) mass is 366 g/mol. The van der Waals surface area contributed by atoms with Crippen LogP contribution in [0.5, 0.6) is 0 Å². The highest BCUT2D eigenvalue weighted by Gasteiger charge is 2.24. The maximum atomic E-state index is 11.0. The molecule has 1 aromatic heterocycles. The molecule has 1 saturated heterocycles. The molecule has 0 saturated carbocycles. The van der Waals surface area contributed by atoms with Crippen LogP contribution >= 0.6 is 0 Å². The average molecular weight is 366 g/mol. The lowest BCUT2D eigenvalue weighted by atomic mass is 10.0. The molecule has 1 N–H and O–H groups in total. The van der Waals surface area contributed by atoms with Crippen LogP contribution in [0.25, 0.3) is 10.9 Å². The Bertz CT molecular complexity index is 903. The number of hydrogen-bond donors (Lipinski definition) is 1. The van der Waals surface area contributed by atoms with Gasteiger partial charge in [0.1, 0.15) is 6.07 Å². The van der Waals surface area contributed by atoms with Gasteiger partial charge in [0.15, 0.2) is 0 Å². The second-order valence-corrected chi connectivity index (χ2v) is 7.49. The van der Waals surface area contributed by atoms with E-state index < -0.39 is 5.97 Å². The van der Waals surface area contributed by atoms with Crippen LogP contribution in [-0.4, -0.2) is 53.7 Å². The Balaban J connectivity index is 1.95. The first-order valence-corrected chi connectivity index (χ1v) is 9.37. The summed E-state index contributed by atoms with van der Waals surface area (Å²) in [5, 5.41) is 19.8. The number of likely N-dealkylation sites (N-methyl/N-ethyl adjacent to an activating group) is 1. The van der Waals surface area contributed by atoms with E-state index in [2.05, 4.69) is 41.9 Å². The summed E-state index contributed by atoms with van der Waals surface area (Å²) >= 11 is 0. The number of carboxylic acids is 1. The average Bonchev–Trinajstić information content (AvgIpc) is 2.86. The number of carbonyl (C=O) groups is 1. The van der Waals surface area contributed by atoms with Crippen LogP contribution in [0.3, 0.4) is 0 Å². The Morgan fingerprint density at radius 2 is 2.15 bits per heavy atom. The fourth-order valence-corrected chi connectivity index (χ4v) is 4.16. The van der Waals surface area contributed by atoms with E-state index in [1.165, 1.54) is 0 Å². The molecule has 2 heterocycles. The highest BCUT2D eigenvalue weighted by molar-refractivity contribution is 5.96. The van der Waals surface area contributed by atoms with Crippen LogP contribution < -0.4 is 4.90 Å². The quantitative estimate of drug-likeness (QED) is 0.896. The minimum Gasteiger partial charge on any atom is -0.480 e. The van der Waals surface area contributed by atoms with Crippen LogP contribution in [0.1, 0.15) is 36.0 Å². The standard InChI is InChI=1S/C21H26N4O2/c1-14-9-15(2)20-18(10-14)21(16(11-22)12-23-20)25-7-4-5-17(6-8-25)24(3)13-19(26)27/h9-10,12,17H,4-8,13H2,1-3H3,(H,26,27). The van der Waals surface area contributed by atoms with Gasteiger partial charge in [-0.25, -0.2) is 0 Å². The van der Waals surface area contributed by atoms with Gasteiger partial charge in [-0.1, -0.05) is 11.6 Å². The number of fused-ring (bicyclic) bond motifs is 1. The number of carboxylic acid groups (broad SMARTS) is 1. The van der Waals surface area contributed by atoms with Gasteiger partial charge in [0.2, 0.25) is 0 Å². The van der Waals surface area contributed by atoms with Crippen LogP contribution in [0, 0.1) is 25.2 Å². The summed E-state index contributed by atoms with van der Waals surface area (Å²) in [6.07, 6.45) is 4.49. The number of aryl methyl sites for hydroxylation is 2. The molecule has 0 bridgehead atoms. The zero-order chi connectivity index (χ0) is 19.6. The maximum Gasteiger partial charge on any atom is 0.317 e. The summed E-state index contributed by atoms with van der Waals surface area (Å²) in [6, 6.07) is 6.79. The van der Waals surface area contributed by atoms with Gasteiger partial charge >= 0.3 is 5.97 Å². The fraction of sp³-hybridized carbons (Fsp3) is 0.476. The Morgan fingerprint density at radius 3 is 2.85 bits per heavy atom. The van der Waals surface area contributed by atoms with E-state index in [9.17, 15) is 10.1 Å². The SMILES string of the molecule is Cc1cc(C)c2ncc(C#N)c(N3CCCC(N(C)CC(=O)O)CC3)c2c1. The van der Waals surface area contributed by atoms with Crippen molar-refractivity contribution >= 4 is 22.6 Å². The van der Waals surface area contributed by atoms with Crippen molar-refractivity contribution in [2.45, 2.75) is 39.2 Å². The summed E-state index contributed by atoms with van der Waals surface area (Å²) < 4.78 is 0. The molecule has 1 unspecified atom stereocenters. The van der Waals surface area contributed by atoms with Gasteiger partial charge in [-0.05, 0) is 51.8 Å². The first kappa shape index (κ1) is 19.1. The second-order valence-electron chi connectivity index (χ2n) is 7.49. The number of benzene rings is 1. The molecule has 0 aliphatic carbocycles. The number of aromatic nitrogens is 1. The molecule has 1 atom stereocenters. The van der Waals surface area contributed by atoms with E-state index >= 15 is 0 Å². The van der Waals surface area contributed by atoms with E-state index in [0.717, 1.165) is 60.1 Å². The lowest BCUT2D eigenvalue weighted by molar-refractivity contribution is -0.138. The van der Waals surface area contributed by atoms with E-state index in [1.807, 2.05) is 11.9 Å². The zero-order valence-electron chi connectivity index (χ0n) is 16.2. The summed E-state index contributed by atoms with van der Waals surface area (Å²) in [4.78, 5) is 19.8. The summed E-state index contributed by atoms with van der Waals surface area (Å²) in [6.45, 7) is 5.84. The Kier molecular flexibility index (Phi) is 5.62. The van der Waals surface area contributed by atoms with Crippen LogP contribution in [-0.2, 0) is 4.79 Å².